The Balaban J connectivity index is 1.82. The van der Waals surface area contributed by atoms with Crippen molar-refractivity contribution in [1.82, 2.24) is 14.5 Å². The fraction of sp³-hybridized carbons (Fsp3) is 0.273. The summed E-state index contributed by atoms with van der Waals surface area (Å²) in [6.07, 6.45) is 3.63. The molecular weight excluding hydrogens is 429 g/mol. The van der Waals surface area contributed by atoms with Crippen LogP contribution in [0.2, 0.25) is 15.1 Å². The average Bonchev–Trinajstić information content (AvgIpc) is 3.10. The molecule has 1 heterocycles. The van der Waals surface area contributed by atoms with Crippen LogP contribution in [0.3, 0.4) is 0 Å². The minimum atomic E-state index is -0.0468. The lowest BCUT2D eigenvalue weighted by Crippen LogP contribution is -2.34. The second-order valence-electron chi connectivity index (χ2n) is 7.29. The van der Waals surface area contributed by atoms with Gasteiger partial charge in [-0.1, -0.05) is 54.7 Å². The molecule has 3 aromatic rings. The zero-order chi connectivity index (χ0) is 21.0. The fourth-order valence-corrected chi connectivity index (χ4v) is 3.67. The number of carbonyl (C=O) groups is 1. The van der Waals surface area contributed by atoms with Crippen LogP contribution in [0.4, 0.5) is 0 Å². The minimum absolute atomic E-state index is 0.0468. The first-order chi connectivity index (χ1) is 13.8. The Hall–Kier alpha value is -2.01. The summed E-state index contributed by atoms with van der Waals surface area (Å²) >= 11 is 18.3. The highest BCUT2D eigenvalue weighted by atomic mass is 35.5. The number of hydrogen-bond acceptors (Lipinski definition) is 2. The van der Waals surface area contributed by atoms with Crippen molar-refractivity contribution in [2.75, 3.05) is 6.54 Å². The minimum Gasteiger partial charge on any atom is -0.331 e. The highest BCUT2D eigenvalue weighted by Crippen LogP contribution is 2.22. The van der Waals surface area contributed by atoms with E-state index in [0.717, 1.165) is 11.4 Å². The molecule has 0 bridgehead atoms. The lowest BCUT2D eigenvalue weighted by atomic mass is 10.1. The van der Waals surface area contributed by atoms with Gasteiger partial charge in [-0.05, 0) is 47.9 Å². The third kappa shape index (κ3) is 5.75. The molecule has 0 spiro atoms. The number of nitrogens with zero attached hydrogens (tertiary/aromatic N) is 3. The van der Waals surface area contributed by atoms with Gasteiger partial charge in [0.2, 0.25) is 0 Å². The number of aromatic nitrogens is 2. The van der Waals surface area contributed by atoms with Crippen LogP contribution in [0.5, 0.6) is 0 Å². The van der Waals surface area contributed by atoms with Gasteiger partial charge in [-0.15, -0.1) is 0 Å². The molecule has 0 aliphatic rings. The van der Waals surface area contributed by atoms with E-state index < -0.39 is 0 Å². The van der Waals surface area contributed by atoms with Crippen molar-refractivity contribution < 1.29 is 4.79 Å². The van der Waals surface area contributed by atoms with Crippen LogP contribution in [0.25, 0.3) is 0 Å². The van der Waals surface area contributed by atoms with Crippen molar-refractivity contribution in [3.8, 4) is 0 Å². The van der Waals surface area contributed by atoms with Gasteiger partial charge in [-0.25, -0.2) is 4.98 Å². The summed E-state index contributed by atoms with van der Waals surface area (Å²) in [6.45, 7) is 5.74. The van der Waals surface area contributed by atoms with E-state index in [1.165, 1.54) is 0 Å². The van der Waals surface area contributed by atoms with Gasteiger partial charge in [0.1, 0.15) is 5.82 Å². The monoisotopic (exact) mass is 449 g/mol. The van der Waals surface area contributed by atoms with Crippen LogP contribution in [0.15, 0.2) is 54.9 Å². The molecule has 0 atom stereocenters. The number of halogens is 3. The van der Waals surface area contributed by atoms with Crippen LogP contribution in [-0.2, 0) is 13.1 Å². The average molecular weight is 451 g/mol. The number of amides is 1. The summed E-state index contributed by atoms with van der Waals surface area (Å²) in [5.74, 6) is 1.06. The van der Waals surface area contributed by atoms with Crippen LogP contribution >= 0.6 is 34.8 Å². The van der Waals surface area contributed by atoms with Crippen molar-refractivity contribution in [3.05, 3.63) is 86.9 Å². The molecule has 1 amide bonds. The Morgan fingerprint density at radius 1 is 1.07 bits per heavy atom. The predicted octanol–water partition coefficient (Wildman–Crippen LogP) is 6.19. The van der Waals surface area contributed by atoms with E-state index in [4.69, 9.17) is 34.8 Å². The van der Waals surface area contributed by atoms with E-state index in [1.54, 1.807) is 36.5 Å². The maximum absolute atomic E-state index is 13.1. The molecule has 152 valence electrons. The lowest BCUT2D eigenvalue weighted by Gasteiger charge is -2.25. The van der Waals surface area contributed by atoms with Gasteiger partial charge in [0, 0.05) is 39.6 Å². The summed E-state index contributed by atoms with van der Waals surface area (Å²) in [4.78, 5) is 19.4. The highest BCUT2D eigenvalue weighted by molar-refractivity contribution is 6.35. The number of carbonyl (C=O) groups excluding carboxylic acids is 1. The maximum Gasteiger partial charge on any atom is 0.254 e. The molecule has 0 aliphatic carbocycles. The largest absolute Gasteiger partial charge is 0.331 e. The van der Waals surface area contributed by atoms with Crippen molar-refractivity contribution in [2.45, 2.75) is 26.9 Å². The molecule has 0 fully saturated rings. The molecule has 4 nitrogen and oxygen atoms in total. The second-order valence-corrected chi connectivity index (χ2v) is 8.57. The standard InChI is InChI=1S/C22H22Cl3N3O/c1-15(2)12-28(22(29)16-3-6-18(23)7-4-16)14-21-26-9-10-27(21)13-17-5-8-19(24)11-20(17)25/h3-11,15H,12-14H2,1-2H3. The molecule has 0 unspecified atom stereocenters. The topological polar surface area (TPSA) is 38.1 Å². The smallest absolute Gasteiger partial charge is 0.254 e. The molecule has 0 N–H and O–H groups in total. The molecule has 0 radical (unpaired) electrons. The normalized spacial score (nSPS) is 11.1. The Kier molecular flexibility index (Phi) is 7.23. The Labute approximate surface area is 186 Å². The molecule has 1 aromatic heterocycles. The zero-order valence-electron chi connectivity index (χ0n) is 16.3. The molecule has 29 heavy (non-hydrogen) atoms. The predicted molar refractivity (Wildman–Crippen MR) is 119 cm³/mol. The molecule has 2 aromatic carbocycles. The van der Waals surface area contributed by atoms with E-state index >= 15 is 0 Å². The van der Waals surface area contributed by atoms with Crippen LogP contribution < -0.4 is 0 Å². The first-order valence-corrected chi connectivity index (χ1v) is 10.5. The molecular formula is C22H22Cl3N3O. The fourth-order valence-electron chi connectivity index (χ4n) is 3.07. The number of hydrogen-bond donors (Lipinski definition) is 0. The molecule has 7 heteroatoms. The summed E-state index contributed by atoms with van der Waals surface area (Å²) in [6, 6.07) is 12.4. The van der Waals surface area contributed by atoms with Gasteiger partial charge in [-0.2, -0.15) is 0 Å². The van der Waals surface area contributed by atoms with Crippen molar-refractivity contribution in [1.29, 1.82) is 0 Å². The third-order valence-electron chi connectivity index (χ3n) is 4.45. The number of imidazole rings is 1. The van der Waals surface area contributed by atoms with E-state index in [-0.39, 0.29) is 5.91 Å². The summed E-state index contributed by atoms with van der Waals surface area (Å²) in [5, 5.41) is 1.81. The Bertz CT molecular complexity index is 983. The van der Waals surface area contributed by atoms with E-state index in [9.17, 15) is 4.79 Å². The van der Waals surface area contributed by atoms with E-state index in [2.05, 4.69) is 18.8 Å². The molecule has 3 rings (SSSR count). The molecule has 0 saturated heterocycles. The summed E-state index contributed by atoms with van der Waals surface area (Å²) in [7, 11) is 0. The first-order valence-electron chi connectivity index (χ1n) is 9.32. The van der Waals surface area contributed by atoms with E-state index in [1.807, 2.05) is 27.8 Å². The maximum atomic E-state index is 13.1. The first kappa shape index (κ1) is 21.7. The Morgan fingerprint density at radius 2 is 1.76 bits per heavy atom. The SMILES string of the molecule is CC(C)CN(Cc1nccn1Cc1ccc(Cl)cc1Cl)C(=O)c1ccc(Cl)cc1. The summed E-state index contributed by atoms with van der Waals surface area (Å²) < 4.78 is 2.00. The van der Waals surface area contributed by atoms with Gasteiger partial charge < -0.3 is 9.47 Å². The molecule has 0 aliphatic heterocycles. The van der Waals surface area contributed by atoms with Gasteiger partial charge in [0.25, 0.3) is 5.91 Å². The zero-order valence-corrected chi connectivity index (χ0v) is 18.5. The van der Waals surface area contributed by atoms with Gasteiger partial charge in [-0.3, -0.25) is 4.79 Å². The third-order valence-corrected chi connectivity index (χ3v) is 5.29. The lowest BCUT2D eigenvalue weighted by molar-refractivity contribution is 0.0716. The van der Waals surface area contributed by atoms with Crippen molar-refractivity contribution in [2.24, 2.45) is 5.92 Å². The Morgan fingerprint density at radius 3 is 2.41 bits per heavy atom. The van der Waals surface area contributed by atoms with Crippen LogP contribution in [-0.4, -0.2) is 26.9 Å². The summed E-state index contributed by atoms with van der Waals surface area (Å²) in [5.41, 5.74) is 1.55. The number of rotatable bonds is 7. The molecule has 0 saturated carbocycles. The van der Waals surface area contributed by atoms with Gasteiger partial charge in [0.15, 0.2) is 0 Å². The van der Waals surface area contributed by atoms with Crippen LogP contribution in [0.1, 0.15) is 35.6 Å². The van der Waals surface area contributed by atoms with Crippen molar-refractivity contribution >= 4 is 40.7 Å². The van der Waals surface area contributed by atoms with Crippen molar-refractivity contribution in [3.63, 3.8) is 0 Å². The number of benzene rings is 2. The quantitative estimate of drug-likeness (QED) is 0.430. The van der Waals surface area contributed by atoms with E-state index in [0.29, 0.717) is 46.2 Å². The highest BCUT2D eigenvalue weighted by Gasteiger charge is 2.20. The van der Waals surface area contributed by atoms with Gasteiger partial charge >= 0.3 is 0 Å². The van der Waals surface area contributed by atoms with Crippen LogP contribution in [0, 0.1) is 5.92 Å². The van der Waals surface area contributed by atoms with Gasteiger partial charge in [0.05, 0.1) is 13.1 Å². The second kappa shape index (κ2) is 9.66.